The standard InChI is InChI=1S/C17H15BrN2O2S2/c18-12-6-8-14(9-7-12)20-16-11-24(21,22)10-15(16)19(17(20)23)13-4-2-1-3-5-13/h1-9,15-16H,10-11H2/t15-,16-/m0/s1. The maximum Gasteiger partial charge on any atom is 0.181 e. The van der Waals surface area contributed by atoms with Crippen LogP contribution in [-0.4, -0.2) is 37.1 Å². The minimum atomic E-state index is -3.07. The van der Waals surface area contributed by atoms with E-state index in [1.165, 1.54) is 0 Å². The minimum Gasteiger partial charge on any atom is -0.312 e. The van der Waals surface area contributed by atoms with Crippen molar-refractivity contribution in [3.63, 3.8) is 0 Å². The molecule has 0 aliphatic carbocycles. The van der Waals surface area contributed by atoms with E-state index in [4.69, 9.17) is 12.2 Å². The zero-order chi connectivity index (χ0) is 16.9. The molecule has 0 N–H and O–H groups in total. The monoisotopic (exact) mass is 422 g/mol. The van der Waals surface area contributed by atoms with Gasteiger partial charge in [0.1, 0.15) is 0 Å². The Morgan fingerprint density at radius 3 is 1.92 bits per heavy atom. The summed E-state index contributed by atoms with van der Waals surface area (Å²) in [6.07, 6.45) is 0. The van der Waals surface area contributed by atoms with E-state index in [0.717, 1.165) is 15.8 Å². The average Bonchev–Trinajstić information content (AvgIpc) is 2.98. The largest absolute Gasteiger partial charge is 0.312 e. The number of thiocarbonyl (C=S) groups is 1. The highest BCUT2D eigenvalue weighted by atomic mass is 79.9. The van der Waals surface area contributed by atoms with Crippen molar-refractivity contribution in [1.82, 2.24) is 0 Å². The molecule has 7 heteroatoms. The number of halogens is 1. The van der Waals surface area contributed by atoms with Crippen LogP contribution in [0, 0.1) is 0 Å². The molecule has 2 atom stereocenters. The predicted octanol–water partition coefficient (Wildman–Crippen LogP) is 3.23. The Labute approximate surface area is 155 Å². The van der Waals surface area contributed by atoms with Crippen LogP contribution in [0.5, 0.6) is 0 Å². The van der Waals surface area contributed by atoms with Crippen molar-refractivity contribution in [2.24, 2.45) is 0 Å². The van der Waals surface area contributed by atoms with Crippen molar-refractivity contribution < 1.29 is 8.42 Å². The van der Waals surface area contributed by atoms with Crippen LogP contribution in [0.15, 0.2) is 59.1 Å². The molecule has 124 valence electrons. The van der Waals surface area contributed by atoms with Crippen molar-refractivity contribution in [3.8, 4) is 0 Å². The number of nitrogens with zero attached hydrogens (tertiary/aromatic N) is 2. The van der Waals surface area contributed by atoms with Gasteiger partial charge in [-0.3, -0.25) is 0 Å². The number of benzene rings is 2. The van der Waals surface area contributed by atoms with E-state index in [1.54, 1.807) is 0 Å². The average molecular weight is 423 g/mol. The molecule has 4 nitrogen and oxygen atoms in total. The van der Waals surface area contributed by atoms with Gasteiger partial charge in [-0.15, -0.1) is 0 Å². The molecule has 2 heterocycles. The number of sulfone groups is 1. The number of hydrogen-bond donors (Lipinski definition) is 0. The number of rotatable bonds is 2. The molecule has 0 saturated carbocycles. The molecule has 2 aromatic carbocycles. The zero-order valence-electron chi connectivity index (χ0n) is 12.7. The Kier molecular flexibility index (Phi) is 3.89. The highest BCUT2D eigenvalue weighted by Crippen LogP contribution is 2.38. The van der Waals surface area contributed by atoms with Crippen LogP contribution in [0.2, 0.25) is 0 Å². The van der Waals surface area contributed by atoms with Crippen LogP contribution < -0.4 is 9.80 Å². The third kappa shape index (κ3) is 2.64. The maximum absolute atomic E-state index is 12.3. The van der Waals surface area contributed by atoms with Gasteiger partial charge in [-0.1, -0.05) is 34.1 Å². The fourth-order valence-corrected chi connectivity index (χ4v) is 6.16. The van der Waals surface area contributed by atoms with Gasteiger partial charge in [-0.2, -0.15) is 0 Å². The molecule has 0 radical (unpaired) electrons. The van der Waals surface area contributed by atoms with Crippen molar-refractivity contribution in [2.45, 2.75) is 12.1 Å². The summed E-state index contributed by atoms with van der Waals surface area (Å²) in [7, 11) is -3.07. The summed E-state index contributed by atoms with van der Waals surface area (Å²) < 4.78 is 25.5. The molecule has 0 spiro atoms. The number of anilines is 2. The van der Waals surface area contributed by atoms with Crippen LogP contribution in [0.1, 0.15) is 0 Å². The summed E-state index contributed by atoms with van der Waals surface area (Å²) in [6.45, 7) is 0. The van der Waals surface area contributed by atoms with Crippen molar-refractivity contribution in [2.75, 3.05) is 21.3 Å². The van der Waals surface area contributed by atoms with E-state index in [9.17, 15) is 8.42 Å². The summed E-state index contributed by atoms with van der Waals surface area (Å²) in [4.78, 5) is 3.98. The summed E-state index contributed by atoms with van der Waals surface area (Å²) >= 11 is 9.17. The van der Waals surface area contributed by atoms with E-state index in [1.807, 2.05) is 64.4 Å². The zero-order valence-corrected chi connectivity index (χ0v) is 15.9. The molecular formula is C17H15BrN2O2S2. The van der Waals surface area contributed by atoms with Crippen molar-refractivity contribution in [3.05, 3.63) is 59.1 Å². The fourth-order valence-electron chi connectivity index (χ4n) is 3.50. The van der Waals surface area contributed by atoms with Crippen LogP contribution >= 0.6 is 28.1 Å². The smallest absolute Gasteiger partial charge is 0.181 e. The quantitative estimate of drug-likeness (QED) is 0.694. The lowest BCUT2D eigenvalue weighted by Gasteiger charge is -2.25. The number of hydrogen-bond acceptors (Lipinski definition) is 3. The predicted molar refractivity (Wildman–Crippen MR) is 104 cm³/mol. The topological polar surface area (TPSA) is 40.6 Å². The van der Waals surface area contributed by atoms with Gasteiger partial charge in [0.05, 0.1) is 23.6 Å². The van der Waals surface area contributed by atoms with Crippen molar-refractivity contribution >= 4 is 54.5 Å². The second kappa shape index (κ2) is 5.82. The Bertz CT molecular complexity index is 885. The van der Waals surface area contributed by atoms with Crippen LogP contribution in [0.3, 0.4) is 0 Å². The lowest BCUT2D eigenvalue weighted by Crippen LogP contribution is -2.37. The molecule has 2 saturated heterocycles. The minimum absolute atomic E-state index is 0.136. The number of para-hydroxylation sites is 1. The lowest BCUT2D eigenvalue weighted by molar-refractivity contribution is 0.601. The van der Waals surface area contributed by atoms with Gasteiger partial charge in [0.2, 0.25) is 0 Å². The highest BCUT2D eigenvalue weighted by Gasteiger charge is 2.52. The molecule has 0 aromatic heterocycles. The molecule has 24 heavy (non-hydrogen) atoms. The molecule has 2 aromatic rings. The normalized spacial score (nSPS) is 25.1. The molecular weight excluding hydrogens is 408 g/mol. The second-order valence-electron chi connectivity index (χ2n) is 6.05. The molecule has 4 rings (SSSR count). The Balaban J connectivity index is 1.80. The fraction of sp³-hybridized carbons (Fsp3) is 0.235. The van der Waals surface area contributed by atoms with Crippen LogP contribution in [-0.2, 0) is 9.84 Å². The lowest BCUT2D eigenvalue weighted by atomic mass is 10.1. The van der Waals surface area contributed by atoms with Gasteiger partial charge >= 0.3 is 0 Å². The first-order valence-electron chi connectivity index (χ1n) is 7.60. The molecule has 0 bridgehead atoms. The van der Waals surface area contributed by atoms with E-state index in [0.29, 0.717) is 5.11 Å². The van der Waals surface area contributed by atoms with Crippen molar-refractivity contribution in [1.29, 1.82) is 0 Å². The summed E-state index contributed by atoms with van der Waals surface area (Å²) in [5.74, 6) is 0.275. The SMILES string of the molecule is O=S1(=O)C[C@H]2[C@H](C1)N(c1ccc(Br)cc1)C(=S)N2c1ccccc1. The van der Waals surface area contributed by atoms with Gasteiger partial charge in [0.25, 0.3) is 0 Å². The second-order valence-corrected chi connectivity index (χ2v) is 9.48. The summed E-state index contributed by atoms with van der Waals surface area (Å²) in [5.41, 5.74) is 1.86. The maximum atomic E-state index is 12.3. The summed E-state index contributed by atoms with van der Waals surface area (Å²) in [6, 6.07) is 17.3. The first-order chi connectivity index (χ1) is 11.5. The summed E-state index contributed by atoms with van der Waals surface area (Å²) in [5, 5.41) is 0.661. The molecule has 0 amide bonds. The first kappa shape index (κ1) is 16.1. The molecule has 0 unspecified atom stereocenters. The van der Waals surface area contributed by atoms with Gasteiger partial charge in [-0.05, 0) is 48.6 Å². The van der Waals surface area contributed by atoms with E-state index >= 15 is 0 Å². The first-order valence-corrected chi connectivity index (χ1v) is 10.6. The van der Waals surface area contributed by atoms with Gasteiger partial charge in [0, 0.05) is 15.8 Å². The van der Waals surface area contributed by atoms with Gasteiger partial charge in [0.15, 0.2) is 14.9 Å². The molecule has 2 aliphatic heterocycles. The third-order valence-electron chi connectivity index (χ3n) is 4.51. The van der Waals surface area contributed by atoms with E-state index in [-0.39, 0.29) is 23.6 Å². The van der Waals surface area contributed by atoms with Gasteiger partial charge < -0.3 is 9.80 Å². The molecule has 2 fully saturated rings. The van der Waals surface area contributed by atoms with Crippen LogP contribution in [0.25, 0.3) is 0 Å². The third-order valence-corrected chi connectivity index (χ3v) is 7.13. The van der Waals surface area contributed by atoms with E-state index < -0.39 is 9.84 Å². The Morgan fingerprint density at radius 1 is 0.875 bits per heavy atom. The Morgan fingerprint density at radius 2 is 1.38 bits per heavy atom. The van der Waals surface area contributed by atoms with Crippen LogP contribution in [0.4, 0.5) is 11.4 Å². The van der Waals surface area contributed by atoms with E-state index in [2.05, 4.69) is 15.9 Å². The molecule has 2 aliphatic rings. The number of fused-ring (bicyclic) bond motifs is 1. The van der Waals surface area contributed by atoms with Gasteiger partial charge in [-0.25, -0.2) is 8.42 Å². The highest BCUT2D eigenvalue weighted by molar-refractivity contribution is 9.10. The Hall–Kier alpha value is -1.44.